The molecule has 0 aliphatic heterocycles. The Balaban J connectivity index is 1.77. The summed E-state index contributed by atoms with van der Waals surface area (Å²) in [5, 5.41) is 0.591. The van der Waals surface area contributed by atoms with Crippen molar-refractivity contribution in [3.63, 3.8) is 0 Å². The number of fused-ring (bicyclic) bond motifs is 1. The predicted molar refractivity (Wildman–Crippen MR) is 228 cm³/mol. The summed E-state index contributed by atoms with van der Waals surface area (Å²) in [5.41, 5.74) is 4.80. The van der Waals surface area contributed by atoms with E-state index in [0.29, 0.717) is 11.5 Å². The fourth-order valence-corrected chi connectivity index (χ4v) is 12.6. The van der Waals surface area contributed by atoms with Gasteiger partial charge < -0.3 is 13.3 Å². The average molecular weight is 745 g/mol. The largest absolute Gasteiger partial charge is 0.414 e. The van der Waals surface area contributed by atoms with Crippen LogP contribution in [0.25, 0.3) is 0 Å². The van der Waals surface area contributed by atoms with Gasteiger partial charge in [0.25, 0.3) is 0 Å². The van der Waals surface area contributed by atoms with Gasteiger partial charge in [0.2, 0.25) is 0 Å². The summed E-state index contributed by atoms with van der Waals surface area (Å²) in [7, 11) is -5.66. The zero-order valence-electron chi connectivity index (χ0n) is 36.6. The molecule has 0 spiro atoms. The minimum atomic E-state index is -1.98. The average Bonchev–Trinajstić information content (AvgIpc) is 3.29. The second-order valence-electron chi connectivity index (χ2n) is 22.0. The van der Waals surface area contributed by atoms with Crippen LogP contribution in [0.3, 0.4) is 0 Å². The SMILES string of the molecule is C=C1[C@H](O[Si](C)(C)C(C)(C)C)CC(=C/C=C2\CCC[C@]3(C)[C@@H]([C@H](C)CCC[C@H](C)O[Si](C)(C)C(C)(C)C)CC[C@@H]23)C[C@H]1O[Si](C)(C)C(C)(C)C. The van der Waals surface area contributed by atoms with Crippen molar-refractivity contribution in [1.82, 2.24) is 0 Å². The second-order valence-corrected chi connectivity index (χ2v) is 36.2. The first-order valence-corrected chi connectivity index (χ1v) is 29.4. The molecule has 290 valence electrons. The van der Waals surface area contributed by atoms with Crippen LogP contribution in [0.4, 0.5) is 0 Å². The van der Waals surface area contributed by atoms with E-state index < -0.39 is 25.0 Å². The molecule has 3 rings (SSSR count). The Morgan fingerprint density at radius 1 is 0.760 bits per heavy atom. The van der Waals surface area contributed by atoms with Crippen molar-refractivity contribution < 1.29 is 13.3 Å². The Morgan fingerprint density at radius 3 is 1.74 bits per heavy atom. The van der Waals surface area contributed by atoms with Crippen molar-refractivity contribution in [2.45, 2.75) is 220 Å². The van der Waals surface area contributed by atoms with Crippen LogP contribution in [-0.2, 0) is 13.3 Å². The van der Waals surface area contributed by atoms with E-state index in [4.69, 9.17) is 13.3 Å². The van der Waals surface area contributed by atoms with Crippen LogP contribution in [0.1, 0.15) is 147 Å². The summed E-state index contributed by atoms with van der Waals surface area (Å²) in [6.45, 7) is 47.6. The van der Waals surface area contributed by atoms with Gasteiger partial charge in [0.1, 0.15) is 0 Å². The molecule has 50 heavy (non-hydrogen) atoms. The van der Waals surface area contributed by atoms with E-state index in [-0.39, 0.29) is 27.3 Å². The van der Waals surface area contributed by atoms with Crippen molar-refractivity contribution >= 4 is 25.0 Å². The molecule has 0 heterocycles. The monoisotopic (exact) mass is 745 g/mol. The predicted octanol–water partition coefficient (Wildman–Crippen LogP) is 14.4. The number of rotatable bonds is 12. The molecule has 3 nitrogen and oxygen atoms in total. The smallest absolute Gasteiger partial charge is 0.192 e. The van der Waals surface area contributed by atoms with Gasteiger partial charge in [-0.05, 0) is 141 Å². The van der Waals surface area contributed by atoms with E-state index >= 15 is 0 Å². The van der Waals surface area contributed by atoms with E-state index in [1.165, 1.54) is 62.5 Å². The molecule has 3 aliphatic carbocycles. The first-order chi connectivity index (χ1) is 22.5. The molecule has 6 heteroatoms. The lowest BCUT2D eigenvalue weighted by Crippen LogP contribution is -2.49. The normalized spacial score (nSPS) is 29.7. The summed E-state index contributed by atoms with van der Waals surface area (Å²) in [6.07, 6.45) is 17.9. The maximum atomic E-state index is 7.13. The van der Waals surface area contributed by atoms with Crippen molar-refractivity contribution in [3.8, 4) is 0 Å². The fraction of sp³-hybridized carbons (Fsp3) is 0.864. The van der Waals surface area contributed by atoms with Crippen LogP contribution in [0.5, 0.6) is 0 Å². The van der Waals surface area contributed by atoms with Gasteiger partial charge in [0.15, 0.2) is 25.0 Å². The molecule has 0 N–H and O–H groups in total. The van der Waals surface area contributed by atoms with Crippen molar-refractivity contribution in [2.24, 2.45) is 23.2 Å². The molecule has 3 fully saturated rings. The van der Waals surface area contributed by atoms with Crippen LogP contribution < -0.4 is 0 Å². The third kappa shape index (κ3) is 10.3. The highest BCUT2D eigenvalue weighted by molar-refractivity contribution is 6.75. The third-order valence-corrected chi connectivity index (χ3v) is 28.6. The lowest BCUT2D eigenvalue weighted by atomic mass is 9.60. The third-order valence-electron chi connectivity index (χ3n) is 15.0. The van der Waals surface area contributed by atoms with E-state index in [2.05, 4.69) is 141 Å². The van der Waals surface area contributed by atoms with Gasteiger partial charge in [-0.1, -0.05) is 119 Å². The van der Waals surface area contributed by atoms with Crippen LogP contribution in [0.2, 0.25) is 54.4 Å². The van der Waals surface area contributed by atoms with Crippen LogP contribution in [0.15, 0.2) is 35.5 Å². The molecule has 0 unspecified atom stereocenters. The Kier molecular flexibility index (Phi) is 14.0. The number of allylic oxidation sites excluding steroid dienone is 3. The number of hydrogen-bond donors (Lipinski definition) is 0. The minimum Gasteiger partial charge on any atom is -0.414 e. The van der Waals surface area contributed by atoms with Gasteiger partial charge in [-0.25, -0.2) is 0 Å². The first kappa shape index (κ1) is 44.1. The van der Waals surface area contributed by atoms with E-state index in [1.54, 1.807) is 5.57 Å². The van der Waals surface area contributed by atoms with E-state index in [0.717, 1.165) is 30.6 Å². The molecule has 0 radical (unpaired) electrons. The zero-order valence-corrected chi connectivity index (χ0v) is 39.6. The van der Waals surface area contributed by atoms with Crippen molar-refractivity contribution in [1.29, 1.82) is 0 Å². The van der Waals surface area contributed by atoms with E-state index in [1.807, 2.05) is 0 Å². The van der Waals surface area contributed by atoms with Gasteiger partial charge in [-0.15, -0.1) is 0 Å². The highest BCUT2D eigenvalue weighted by atomic mass is 28.4. The molecule has 0 amide bonds. The summed E-state index contributed by atoms with van der Waals surface area (Å²) < 4.78 is 21.0. The zero-order chi connectivity index (χ0) is 38.3. The standard InChI is InChI=1S/C44H84O3Si3/c1-32(22-20-23-33(2)45-48(14,15)41(4,5)6)37-27-28-38-36(24-21-29-44(37,38)13)26-25-35-30-39(46-49(16,17)42(7,8)9)34(3)40(31-35)47-50(18,19)43(10,11)12/h25-26,32-33,37-40H,3,20-24,27-31H2,1-2,4-19H3/b36-26+/t32-,33+,37-,38+,39-,40-,44-/m1/s1. The highest BCUT2D eigenvalue weighted by Crippen LogP contribution is 2.60. The first-order valence-electron chi connectivity index (χ1n) is 20.6. The van der Waals surface area contributed by atoms with Crippen molar-refractivity contribution in [3.05, 3.63) is 35.5 Å². The summed E-state index contributed by atoms with van der Waals surface area (Å²) in [5.74, 6) is 2.32. The summed E-state index contributed by atoms with van der Waals surface area (Å²) >= 11 is 0. The fourth-order valence-electron chi connectivity index (χ4n) is 8.57. The molecule has 0 aromatic heterocycles. The quantitative estimate of drug-likeness (QED) is 0.147. The van der Waals surface area contributed by atoms with E-state index in [9.17, 15) is 0 Å². The van der Waals surface area contributed by atoms with Gasteiger partial charge in [-0.2, -0.15) is 0 Å². The molecule has 0 saturated heterocycles. The molecular formula is C44H84O3Si3. The molecule has 0 bridgehead atoms. The Bertz CT molecular complexity index is 1180. The lowest BCUT2D eigenvalue weighted by molar-refractivity contribution is 0.0910. The molecule has 3 saturated carbocycles. The Hall–Kier alpha value is -0.249. The summed E-state index contributed by atoms with van der Waals surface area (Å²) in [4.78, 5) is 0. The molecular weight excluding hydrogens is 661 g/mol. The van der Waals surface area contributed by atoms with Crippen LogP contribution in [0, 0.1) is 23.2 Å². The molecule has 7 atom stereocenters. The maximum absolute atomic E-state index is 7.13. The second kappa shape index (κ2) is 15.8. The van der Waals surface area contributed by atoms with Gasteiger partial charge in [-0.3, -0.25) is 0 Å². The maximum Gasteiger partial charge on any atom is 0.192 e. The van der Waals surface area contributed by atoms with Crippen LogP contribution >= 0.6 is 0 Å². The lowest BCUT2D eigenvalue weighted by Gasteiger charge is -2.46. The Morgan fingerprint density at radius 2 is 1.26 bits per heavy atom. The van der Waals surface area contributed by atoms with Gasteiger partial charge >= 0.3 is 0 Å². The minimum absolute atomic E-state index is 0.0346. The highest BCUT2D eigenvalue weighted by Gasteiger charge is 2.51. The van der Waals surface area contributed by atoms with Crippen molar-refractivity contribution in [2.75, 3.05) is 0 Å². The van der Waals surface area contributed by atoms with Gasteiger partial charge in [0.05, 0.1) is 12.2 Å². The van der Waals surface area contributed by atoms with Gasteiger partial charge in [0, 0.05) is 6.10 Å². The molecule has 0 aromatic carbocycles. The summed E-state index contributed by atoms with van der Waals surface area (Å²) in [6, 6.07) is 0. The topological polar surface area (TPSA) is 27.7 Å². The molecule has 0 aromatic rings. The number of hydrogen-bond acceptors (Lipinski definition) is 3. The molecule has 3 aliphatic rings. The Labute approximate surface area is 315 Å². The van der Waals surface area contributed by atoms with Crippen LogP contribution in [-0.4, -0.2) is 43.3 Å².